The monoisotopic (exact) mass is 301 g/mol. The number of hydrogen-bond acceptors (Lipinski definition) is 1. The predicted octanol–water partition coefficient (Wildman–Crippen LogP) is 5.58. The summed E-state index contributed by atoms with van der Waals surface area (Å²) < 4.78 is 0. The summed E-state index contributed by atoms with van der Waals surface area (Å²) in [6.45, 7) is 16.9. The maximum atomic E-state index is 7.35. The van der Waals surface area contributed by atoms with Gasteiger partial charge in [0.15, 0.2) is 0 Å². The Labute approximate surface area is 124 Å². The molecule has 1 nitrogen and oxygen atoms in total. The zero-order valence-corrected chi connectivity index (χ0v) is 16.7. The van der Waals surface area contributed by atoms with Crippen LogP contribution in [0.15, 0.2) is 0 Å². The van der Waals surface area contributed by atoms with Crippen LogP contribution < -0.4 is 5.73 Å². The number of nitrogens with two attached hydrogens (primary N) is 1. The fourth-order valence-corrected chi connectivity index (χ4v) is 20.9. The Kier molecular flexibility index (Phi) is 8.15. The van der Waals surface area contributed by atoms with Gasteiger partial charge in [-0.1, -0.05) is 91.2 Å². The summed E-state index contributed by atoms with van der Waals surface area (Å²) in [6.07, 6.45) is 2.55. The van der Waals surface area contributed by atoms with Crippen molar-refractivity contribution in [2.45, 2.75) is 102 Å². The van der Waals surface area contributed by atoms with Crippen LogP contribution in [0.5, 0.6) is 0 Å². The third-order valence-corrected chi connectivity index (χ3v) is 22.2. The average molecular weight is 302 g/mol. The van der Waals surface area contributed by atoms with Gasteiger partial charge in [0.1, 0.15) is 0 Å². The van der Waals surface area contributed by atoms with Crippen molar-refractivity contribution >= 4 is 16.1 Å². The van der Waals surface area contributed by atoms with Crippen molar-refractivity contribution in [3.8, 4) is 0 Å². The molecule has 0 aliphatic heterocycles. The highest BCUT2D eigenvalue weighted by atomic mass is 28.4. The average Bonchev–Trinajstić information content (AvgIpc) is 2.44. The molecule has 0 radical (unpaired) electrons. The van der Waals surface area contributed by atoms with Crippen LogP contribution in [0.3, 0.4) is 0 Å². The lowest BCUT2D eigenvalue weighted by molar-refractivity contribution is 0.621. The van der Waals surface area contributed by atoms with E-state index in [2.05, 4.69) is 48.5 Å². The topological polar surface area (TPSA) is 26.0 Å². The molecular formula is C16H39NSi2. The molecule has 0 spiro atoms. The zero-order chi connectivity index (χ0) is 15.2. The maximum absolute atomic E-state index is 7.35. The van der Waals surface area contributed by atoms with Gasteiger partial charge in [-0.15, -0.1) is 0 Å². The first kappa shape index (κ1) is 19.4. The molecule has 0 fully saturated rings. The van der Waals surface area contributed by atoms with Gasteiger partial charge in [0, 0.05) is 4.79 Å². The smallest absolute Gasteiger partial charge is 0.0718 e. The van der Waals surface area contributed by atoms with E-state index in [1.54, 1.807) is 0 Å². The fraction of sp³-hybridized carbons (Fsp3) is 1.00. The van der Waals surface area contributed by atoms with Gasteiger partial charge in [0.25, 0.3) is 0 Å². The molecule has 19 heavy (non-hydrogen) atoms. The Morgan fingerprint density at radius 1 is 0.632 bits per heavy atom. The molecule has 0 aromatic carbocycles. The summed E-state index contributed by atoms with van der Waals surface area (Å²) in [4.78, 5) is 0.255. The standard InChI is InChI=1S/C16H39NSi2/c1-8-15-16(17,18(9-2,10-3)11-4)19(12-5,13-6)14-7/h8-15,17H2,1-7H3. The Balaban J connectivity index is 5.93. The van der Waals surface area contributed by atoms with Crippen molar-refractivity contribution in [3.63, 3.8) is 0 Å². The van der Waals surface area contributed by atoms with E-state index in [1.807, 2.05) is 0 Å². The second kappa shape index (κ2) is 7.99. The van der Waals surface area contributed by atoms with Gasteiger partial charge >= 0.3 is 0 Å². The lowest BCUT2D eigenvalue weighted by Crippen LogP contribution is -2.77. The normalized spacial score (nSPS) is 13.9. The molecule has 0 saturated heterocycles. The van der Waals surface area contributed by atoms with Crippen LogP contribution in [0.4, 0.5) is 0 Å². The molecule has 0 atom stereocenters. The van der Waals surface area contributed by atoms with Crippen molar-refractivity contribution in [2.75, 3.05) is 0 Å². The predicted molar refractivity (Wildman–Crippen MR) is 96.2 cm³/mol. The van der Waals surface area contributed by atoms with Crippen LogP contribution in [0, 0.1) is 0 Å². The molecule has 0 rings (SSSR count). The van der Waals surface area contributed by atoms with Crippen molar-refractivity contribution in [1.29, 1.82) is 0 Å². The van der Waals surface area contributed by atoms with Gasteiger partial charge in [-0.25, -0.2) is 0 Å². The Morgan fingerprint density at radius 3 is 1.05 bits per heavy atom. The molecule has 116 valence electrons. The maximum Gasteiger partial charge on any atom is 0.0718 e. The van der Waals surface area contributed by atoms with Crippen molar-refractivity contribution in [2.24, 2.45) is 5.73 Å². The van der Waals surface area contributed by atoms with Gasteiger partial charge in [0.05, 0.1) is 16.1 Å². The summed E-state index contributed by atoms with van der Waals surface area (Å²) in [6, 6.07) is 8.28. The lowest BCUT2D eigenvalue weighted by Gasteiger charge is -2.57. The molecule has 0 bridgehead atoms. The molecule has 0 unspecified atom stereocenters. The highest BCUT2D eigenvalue weighted by Crippen LogP contribution is 2.44. The molecule has 0 aliphatic rings. The minimum atomic E-state index is -1.35. The summed E-state index contributed by atoms with van der Waals surface area (Å²) in [7, 11) is -2.70. The molecule has 0 amide bonds. The highest BCUT2D eigenvalue weighted by Gasteiger charge is 2.57. The number of hydrogen-bond donors (Lipinski definition) is 1. The molecule has 0 heterocycles. The minimum Gasteiger partial charge on any atom is -0.330 e. The first-order chi connectivity index (χ1) is 8.92. The molecule has 0 aromatic heterocycles. The molecule has 3 heteroatoms. The van der Waals surface area contributed by atoms with E-state index < -0.39 is 16.1 Å². The van der Waals surface area contributed by atoms with E-state index >= 15 is 0 Å². The second-order valence-corrected chi connectivity index (χ2v) is 18.1. The Bertz CT molecular complexity index is 209. The molecule has 2 N–H and O–H groups in total. The molecule has 0 aliphatic carbocycles. The highest BCUT2D eigenvalue weighted by molar-refractivity contribution is 7.01. The quantitative estimate of drug-likeness (QED) is 0.524. The van der Waals surface area contributed by atoms with E-state index in [0.717, 1.165) is 0 Å². The number of rotatable bonds is 10. The van der Waals surface area contributed by atoms with Crippen LogP contribution in [-0.2, 0) is 0 Å². The molecule has 0 aromatic rings. The van der Waals surface area contributed by atoms with Crippen molar-refractivity contribution in [3.05, 3.63) is 0 Å². The van der Waals surface area contributed by atoms with Crippen LogP contribution in [0.1, 0.15) is 61.3 Å². The lowest BCUT2D eigenvalue weighted by atomic mass is 10.3. The van der Waals surface area contributed by atoms with E-state index in [9.17, 15) is 0 Å². The Morgan fingerprint density at radius 2 is 0.895 bits per heavy atom. The van der Waals surface area contributed by atoms with Crippen molar-refractivity contribution in [1.82, 2.24) is 0 Å². The third-order valence-electron chi connectivity index (χ3n) is 6.60. The van der Waals surface area contributed by atoms with Crippen molar-refractivity contribution < 1.29 is 0 Å². The van der Waals surface area contributed by atoms with E-state index in [4.69, 9.17) is 5.73 Å². The van der Waals surface area contributed by atoms with Gasteiger partial charge in [-0.2, -0.15) is 0 Å². The fourth-order valence-electron chi connectivity index (χ4n) is 4.88. The minimum absolute atomic E-state index is 0.255. The summed E-state index contributed by atoms with van der Waals surface area (Å²) >= 11 is 0. The first-order valence-corrected chi connectivity index (χ1v) is 14.0. The third kappa shape index (κ3) is 3.03. The molecule has 0 saturated carbocycles. The van der Waals surface area contributed by atoms with E-state index in [-0.39, 0.29) is 4.79 Å². The summed E-state index contributed by atoms with van der Waals surface area (Å²) in [5.41, 5.74) is 7.35. The van der Waals surface area contributed by atoms with Gasteiger partial charge < -0.3 is 5.73 Å². The summed E-state index contributed by atoms with van der Waals surface area (Å²) in [5, 5.41) is 0. The van der Waals surface area contributed by atoms with E-state index in [1.165, 1.54) is 49.1 Å². The van der Waals surface area contributed by atoms with Crippen LogP contribution in [-0.4, -0.2) is 20.9 Å². The van der Waals surface area contributed by atoms with Crippen LogP contribution in [0.25, 0.3) is 0 Å². The van der Waals surface area contributed by atoms with Gasteiger partial charge in [-0.05, 0) is 6.42 Å². The first-order valence-electron chi connectivity index (χ1n) is 8.71. The second-order valence-electron chi connectivity index (χ2n) is 6.40. The van der Waals surface area contributed by atoms with Crippen LogP contribution >= 0.6 is 0 Å². The molecular weight excluding hydrogens is 262 g/mol. The largest absolute Gasteiger partial charge is 0.330 e. The zero-order valence-electron chi connectivity index (χ0n) is 14.7. The van der Waals surface area contributed by atoms with Crippen LogP contribution in [0.2, 0.25) is 36.3 Å². The van der Waals surface area contributed by atoms with Gasteiger partial charge in [0.2, 0.25) is 0 Å². The van der Waals surface area contributed by atoms with Gasteiger partial charge in [-0.3, -0.25) is 0 Å². The van der Waals surface area contributed by atoms with E-state index in [0.29, 0.717) is 0 Å². The Hall–Kier alpha value is 0.394. The SMILES string of the molecule is CCCC(N)([Si](CC)(CC)CC)[Si](CC)(CC)CC. The summed E-state index contributed by atoms with van der Waals surface area (Å²) in [5.74, 6) is 0.